The fourth-order valence-electron chi connectivity index (χ4n) is 3.05. The van der Waals surface area contributed by atoms with E-state index in [1.165, 1.54) is 6.92 Å². The van der Waals surface area contributed by atoms with Crippen molar-refractivity contribution in [2.75, 3.05) is 6.61 Å². The van der Waals surface area contributed by atoms with Gasteiger partial charge in [0.15, 0.2) is 0 Å². The molecule has 1 aliphatic carbocycles. The SMILES string of the molecule is CCOC(=O)C1=CC(C)(OC(CC)CC)C(NC(C)=O)C(N)C1. The van der Waals surface area contributed by atoms with E-state index in [1.807, 2.05) is 20.8 Å². The highest BCUT2D eigenvalue weighted by molar-refractivity contribution is 5.89. The lowest BCUT2D eigenvalue weighted by Crippen LogP contribution is -2.63. The molecule has 0 aromatic rings. The first-order valence-electron chi connectivity index (χ1n) is 8.36. The maximum absolute atomic E-state index is 12.1. The largest absolute Gasteiger partial charge is 0.463 e. The van der Waals surface area contributed by atoms with Gasteiger partial charge in [-0.15, -0.1) is 0 Å². The van der Waals surface area contributed by atoms with Gasteiger partial charge in [0.2, 0.25) is 5.91 Å². The number of amides is 1. The number of carbonyl (C=O) groups is 2. The lowest BCUT2D eigenvalue weighted by Gasteiger charge is -2.44. The van der Waals surface area contributed by atoms with Crippen LogP contribution in [0.15, 0.2) is 11.6 Å². The minimum Gasteiger partial charge on any atom is -0.463 e. The molecule has 1 rings (SSSR count). The number of carbonyl (C=O) groups excluding carboxylic acids is 2. The highest BCUT2D eigenvalue weighted by Crippen LogP contribution is 2.32. The van der Waals surface area contributed by atoms with E-state index >= 15 is 0 Å². The molecule has 0 heterocycles. The second-order valence-electron chi connectivity index (χ2n) is 6.18. The van der Waals surface area contributed by atoms with E-state index in [0.29, 0.717) is 18.6 Å². The first-order valence-corrected chi connectivity index (χ1v) is 8.36. The van der Waals surface area contributed by atoms with E-state index in [0.717, 1.165) is 12.8 Å². The molecule has 1 amide bonds. The molecule has 0 saturated carbocycles. The highest BCUT2D eigenvalue weighted by atomic mass is 16.5. The fraction of sp³-hybridized carbons (Fsp3) is 0.765. The number of nitrogens with one attached hydrogen (secondary N) is 1. The topological polar surface area (TPSA) is 90.6 Å². The number of nitrogens with two attached hydrogens (primary N) is 1. The Balaban J connectivity index is 3.17. The van der Waals surface area contributed by atoms with Gasteiger partial charge in [0, 0.05) is 18.5 Å². The van der Waals surface area contributed by atoms with E-state index in [4.69, 9.17) is 15.2 Å². The van der Waals surface area contributed by atoms with Crippen molar-refractivity contribution in [1.82, 2.24) is 5.32 Å². The summed E-state index contributed by atoms with van der Waals surface area (Å²) in [4.78, 5) is 23.6. The van der Waals surface area contributed by atoms with Crippen LogP contribution in [0.25, 0.3) is 0 Å². The van der Waals surface area contributed by atoms with Gasteiger partial charge in [-0.3, -0.25) is 4.79 Å². The minimum absolute atomic E-state index is 0.0289. The molecule has 0 saturated heterocycles. The molecule has 1 aliphatic rings. The van der Waals surface area contributed by atoms with Crippen LogP contribution in [0.3, 0.4) is 0 Å². The van der Waals surface area contributed by atoms with Crippen molar-refractivity contribution in [1.29, 1.82) is 0 Å². The second-order valence-corrected chi connectivity index (χ2v) is 6.18. The van der Waals surface area contributed by atoms with Gasteiger partial charge in [-0.1, -0.05) is 13.8 Å². The Hall–Kier alpha value is -1.40. The van der Waals surface area contributed by atoms with Gasteiger partial charge in [-0.05, 0) is 39.2 Å². The quantitative estimate of drug-likeness (QED) is 0.695. The van der Waals surface area contributed by atoms with Crippen LogP contribution in [0.5, 0.6) is 0 Å². The van der Waals surface area contributed by atoms with Gasteiger partial charge in [-0.25, -0.2) is 4.79 Å². The van der Waals surface area contributed by atoms with E-state index in [2.05, 4.69) is 5.32 Å². The first-order chi connectivity index (χ1) is 10.8. The van der Waals surface area contributed by atoms with Gasteiger partial charge >= 0.3 is 5.97 Å². The number of hydrogen-bond acceptors (Lipinski definition) is 5. The van der Waals surface area contributed by atoms with E-state index in [9.17, 15) is 9.59 Å². The predicted octanol–water partition coefficient (Wildman–Crippen LogP) is 1.68. The van der Waals surface area contributed by atoms with Gasteiger partial charge in [0.05, 0.1) is 18.8 Å². The molecule has 132 valence electrons. The van der Waals surface area contributed by atoms with Crippen molar-refractivity contribution in [3.05, 3.63) is 11.6 Å². The molecule has 0 spiro atoms. The molecule has 3 unspecified atom stereocenters. The normalized spacial score (nSPS) is 27.5. The smallest absolute Gasteiger partial charge is 0.333 e. The van der Waals surface area contributed by atoms with Crippen LogP contribution in [0.4, 0.5) is 0 Å². The summed E-state index contributed by atoms with van der Waals surface area (Å²) in [5, 5.41) is 2.88. The average molecular weight is 326 g/mol. The molecule has 0 aromatic heterocycles. The Labute approximate surface area is 138 Å². The number of rotatable bonds is 7. The molecule has 3 N–H and O–H groups in total. The third-order valence-corrected chi connectivity index (χ3v) is 4.19. The first kappa shape index (κ1) is 19.6. The predicted molar refractivity (Wildman–Crippen MR) is 88.8 cm³/mol. The molecule has 23 heavy (non-hydrogen) atoms. The molecule has 0 fully saturated rings. The zero-order chi connectivity index (χ0) is 17.6. The maximum atomic E-state index is 12.1. The Kier molecular flexibility index (Phi) is 7.22. The third-order valence-electron chi connectivity index (χ3n) is 4.19. The Morgan fingerprint density at radius 3 is 2.48 bits per heavy atom. The Bertz CT molecular complexity index is 460. The van der Waals surface area contributed by atoms with Crippen LogP contribution in [0, 0.1) is 0 Å². The van der Waals surface area contributed by atoms with Gasteiger partial charge in [-0.2, -0.15) is 0 Å². The number of esters is 1. The van der Waals surface area contributed by atoms with E-state index in [-0.39, 0.29) is 18.0 Å². The zero-order valence-electron chi connectivity index (χ0n) is 14.8. The fourth-order valence-corrected chi connectivity index (χ4v) is 3.05. The van der Waals surface area contributed by atoms with Gasteiger partial charge < -0.3 is 20.5 Å². The maximum Gasteiger partial charge on any atom is 0.333 e. The van der Waals surface area contributed by atoms with Crippen molar-refractivity contribution >= 4 is 11.9 Å². The molecular weight excluding hydrogens is 296 g/mol. The summed E-state index contributed by atoms with van der Waals surface area (Å²) >= 11 is 0. The molecule has 0 aliphatic heterocycles. The lowest BCUT2D eigenvalue weighted by atomic mass is 9.79. The summed E-state index contributed by atoms with van der Waals surface area (Å²) in [6.07, 6.45) is 3.84. The molecular formula is C17H30N2O4. The summed E-state index contributed by atoms with van der Waals surface area (Å²) in [6.45, 7) is 9.48. The van der Waals surface area contributed by atoms with Crippen LogP contribution in [-0.4, -0.2) is 42.3 Å². The summed E-state index contributed by atoms with van der Waals surface area (Å²) in [5.74, 6) is -0.540. The van der Waals surface area contributed by atoms with Crippen molar-refractivity contribution in [2.45, 2.75) is 77.7 Å². The molecule has 0 bridgehead atoms. The minimum atomic E-state index is -0.845. The van der Waals surface area contributed by atoms with Crippen LogP contribution in [-0.2, 0) is 19.1 Å². The molecule has 0 radical (unpaired) electrons. The average Bonchev–Trinajstić information content (AvgIpc) is 2.48. The molecule has 0 aromatic carbocycles. The summed E-state index contributed by atoms with van der Waals surface area (Å²) < 4.78 is 11.3. The van der Waals surface area contributed by atoms with Crippen molar-refractivity contribution < 1.29 is 19.1 Å². The lowest BCUT2D eigenvalue weighted by molar-refractivity contribution is -0.140. The monoisotopic (exact) mass is 326 g/mol. The Morgan fingerprint density at radius 2 is 2.00 bits per heavy atom. The van der Waals surface area contributed by atoms with E-state index < -0.39 is 17.7 Å². The third kappa shape index (κ3) is 5.04. The number of hydrogen-bond donors (Lipinski definition) is 2. The van der Waals surface area contributed by atoms with Gasteiger partial charge in [0.1, 0.15) is 5.60 Å². The summed E-state index contributed by atoms with van der Waals surface area (Å²) in [6, 6.07) is -0.804. The molecule has 6 heteroatoms. The highest BCUT2D eigenvalue weighted by Gasteiger charge is 2.44. The van der Waals surface area contributed by atoms with Crippen LogP contribution in [0.2, 0.25) is 0 Å². The standard InChI is InChI=1S/C17H30N2O4/c1-6-13(7-2)23-17(5)10-12(16(21)22-8-3)9-14(18)15(17)19-11(4)20/h10,13-15H,6-9,18H2,1-5H3,(H,19,20). The van der Waals surface area contributed by atoms with Crippen molar-refractivity contribution in [3.8, 4) is 0 Å². The Morgan fingerprint density at radius 1 is 1.39 bits per heavy atom. The van der Waals surface area contributed by atoms with Crippen molar-refractivity contribution in [3.63, 3.8) is 0 Å². The molecule has 6 nitrogen and oxygen atoms in total. The van der Waals surface area contributed by atoms with Crippen molar-refractivity contribution in [2.24, 2.45) is 5.73 Å². The zero-order valence-corrected chi connectivity index (χ0v) is 14.8. The second kappa shape index (κ2) is 8.45. The summed E-state index contributed by atoms with van der Waals surface area (Å²) in [7, 11) is 0. The molecule has 3 atom stereocenters. The summed E-state index contributed by atoms with van der Waals surface area (Å²) in [5.41, 5.74) is 5.91. The number of ether oxygens (including phenoxy) is 2. The van der Waals surface area contributed by atoms with Crippen LogP contribution < -0.4 is 11.1 Å². The van der Waals surface area contributed by atoms with Gasteiger partial charge in [0.25, 0.3) is 0 Å². The van der Waals surface area contributed by atoms with E-state index in [1.54, 1.807) is 13.0 Å². The van der Waals surface area contributed by atoms with Crippen LogP contribution >= 0.6 is 0 Å². The van der Waals surface area contributed by atoms with Crippen LogP contribution in [0.1, 0.15) is 53.9 Å².